The molecule has 10 heteroatoms. The van der Waals surface area contributed by atoms with Crippen LogP contribution < -0.4 is 11.1 Å². The number of carbonyl (C=O) groups is 2. The zero-order chi connectivity index (χ0) is 24.7. The maximum absolute atomic E-state index is 12.6. The summed E-state index contributed by atoms with van der Waals surface area (Å²) in [7, 11) is 0. The van der Waals surface area contributed by atoms with Gasteiger partial charge in [0.15, 0.2) is 0 Å². The van der Waals surface area contributed by atoms with Crippen molar-refractivity contribution in [1.82, 2.24) is 15.5 Å². The minimum Gasteiger partial charge on any atom is -0.481 e. The van der Waals surface area contributed by atoms with Crippen molar-refractivity contribution in [3.63, 3.8) is 0 Å². The number of aliphatic carboxylic acids is 1. The first kappa shape index (κ1) is 25.2. The smallest absolute Gasteiger partial charge is 0.439 e. The number of ether oxygens (including phenoxy) is 1. The number of H-pyrrole nitrogens is 1. The molecule has 0 aliphatic carbocycles. The molecule has 3 aromatic rings. The molecular weight excluding hydrogens is 462 g/mol. The molecule has 0 saturated carbocycles. The van der Waals surface area contributed by atoms with Crippen LogP contribution in [0.3, 0.4) is 0 Å². The summed E-state index contributed by atoms with van der Waals surface area (Å²) in [5.74, 6) is -2.85. The number of carbonyl (C=O) groups excluding carboxylic acids is 1. The standard InChI is InChI=1S/C24H26ClN3O6/c1-3-33-14-24(2,22(30)31)13-19(26-21(29)20-27-23(32)34-28-20)11-15-7-9-16(10-8-15)17-5-4-6-18(25)12-17/h4-10,12,19H,3,11,13-14H2,1-2H3,(H,26,29)(H,30,31)(H,27,28,32)/t19-,24?/m1/s1. The first-order valence-corrected chi connectivity index (χ1v) is 11.1. The van der Waals surface area contributed by atoms with Crippen LogP contribution in [0.1, 0.15) is 36.5 Å². The lowest BCUT2D eigenvalue weighted by molar-refractivity contribution is -0.152. The van der Waals surface area contributed by atoms with Crippen LogP contribution in [0.5, 0.6) is 0 Å². The average Bonchev–Trinajstić information content (AvgIpc) is 3.24. The van der Waals surface area contributed by atoms with Crippen molar-refractivity contribution >= 4 is 23.5 Å². The van der Waals surface area contributed by atoms with Gasteiger partial charge in [0.25, 0.3) is 5.91 Å². The van der Waals surface area contributed by atoms with Crippen LogP contribution in [0.2, 0.25) is 5.02 Å². The number of benzene rings is 2. The van der Waals surface area contributed by atoms with E-state index in [2.05, 4.69) is 20.0 Å². The predicted octanol–water partition coefficient (Wildman–Crippen LogP) is 3.54. The fraction of sp³-hybridized carbons (Fsp3) is 0.333. The molecule has 9 nitrogen and oxygen atoms in total. The van der Waals surface area contributed by atoms with Crippen molar-refractivity contribution in [2.75, 3.05) is 13.2 Å². The highest BCUT2D eigenvalue weighted by molar-refractivity contribution is 6.30. The lowest BCUT2D eigenvalue weighted by Gasteiger charge is -2.30. The van der Waals surface area contributed by atoms with Crippen LogP contribution in [0.25, 0.3) is 11.1 Å². The zero-order valence-corrected chi connectivity index (χ0v) is 19.6. The quantitative estimate of drug-likeness (QED) is 0.376. The van der Waals surface area contributed by atoms with E-state index >= 15 is 0 Å². The van der Waals surface area contributed by atoms with Crippen LogP contribution in [-0.4, -0.2) is 46.4 Å². The van der Waals surface area contributed by atoms with Crippen LogP contribution >= 0.6 is 11.6 Å². The van der Waals surface area contributed by atoms with Gasteiger partial charge >= 0.3 is 11.7 Å². The third-order valence-corrected chi connectivity index (χ3v) is 5.66. The Bertz CT molecular complexity index is 1190. The molecule has 1 heterocycles. The zero-order valence-electron chi connectivity index (χ0n) is 18.8. The average molecular weight is 488 g/mol. The van der Waals surface area contributed by atoms with Crippen molar-refractivity contribution in [2.45, 2.75) is 32.7 Å². The molecule has 0 bridgehead atoms. The molecule has 1 amide bonds. The summed E-state index contributed by atoms with van der Waals surface area (Å²) in [5, 5.41) is 16.6. The minimum atomic E-state index is -1.24. The Labute approximate surface area is 201 Å². The largest absolute Gasteiger partial charge is 0.481 e. The number of nitrogens with zero attached hydrogens (tertiary/aromatic N) is 1. The highest BCUT2D eigenvalue weighted by atomic mass is 35.5. The molecule has 2 aromatic carbocycles. The Morgan fingerprint density at radius 3 is 2.56 bits per heavy atom. The summed E-state index contributed by atoms with van der Waals surface area (Å²) in [6.45, 7) is 3.71. The molecule has 0 spiro atoms. The summed E-state index contributed by atoms with van der Waals surface area (Å²) < 4.78 is 9.80. The fourth-order valence-electron chi connectivity index (χ4n) is 3.62. The molecule has 3 N–H and O–H groups in total. The van der Waals surface area contributed by atoms with Crippen LogP contribution in [0.4, 0.5) is 0 Å². The molecule has 0 saturated heterocycles. The van der Waals surface area contributed by atoms with E-state index < -0.39 is 29.1 Å². The van der Waals surface area contributed by atoms with E-state index in [0.29, 0.717) is 18.1 Å². The molecule has 1 aromatic heterocycles. The van der Waals surface area contributed by atoms with E-state index in [4.69, 9.17) is 16.3 Å². The molecule has 0 aliphatic heterocycles. The predicted molar refractivity (Wildman–Crippen MR) is 126 cm³/mol. The summed E-state index contributed by atoms with van der Waals surface area (Å²) in [6.07, 6.45) is 0.435. The lowest BCUT2D eigenvalue weighted by atomic mass is 9.82. The summed E-state index contributed by atoms with van der Waals surface area (Å²) >= 11 is 6.09. The third-order valence-electron chi connectivity index (χ3n) is 5.42. The van der Waals surface area contributed by atoms with Crippen molar-refractivity contribution in [3.05, 3.63) is 75.5 Å². The van der Waals surface area contributed by atoms with Gasteiger partial charge in [0.1, 0.15) is 0 Å². The second kappa shape index (κ2) is 11.1. The van der Waals surface area contributed by atoms with Gasteiger partial charge in [-0.15, -0.1) is 0 Å². The van der Waals surface area contributed by atoms with Crippen LogP contribution in [-0.2, 0) is 16.0 Å². The van der Waals surface area contributed by atoms with E-state index in [-0.39, 0.29) is 18.9 Å². The maximum Gasteiger partial charge on any atom is 0.439 e. The topological polar surface area (TPSA) is 135 Å². The number of halogens is 1. The van der Waals surface area contributed by atoms with Gasteiger partial charge in [0.2, 0.25) is 5.82 Å². The normalized spacial score (nSPS) is 13.7. The Morgan fingerprint density at radius 2 is 1.97 bits per heavy atom. The number of amides is 1. The highest BCUT2D eigenvalue weighted by Crippen LogP contribution is 2.27. The van der Waals surface area contributed by atoms with Gasteiger partial charge in [-0.1, -0.05) is 48.0 Å². The molecule has 1 unspecified atom stereocenters. The van der Waals surface area contributed by atoms with Gasteiger partial charge in [-0.3, -0.25) is 19.1 Å². The van der Waals surface area contributed by atoms with Crippen molar-refractivity contribution in [1.29, 1.82) is 0 Å². The first-order valence-electron chi connectivity index (χ1n) is 10.7. The second-order valence-corrected chi connectivity index (χ2v) is 8.67. The summed E-state index contributed by atoms with van der Waals surface area (Å²) in [5.41, 5.74) is 1.58. The number of nitrogens with one attached hydrogen (secondary N) is 2. The van der Waals surface area contributed by atoms with Crippen LogP contribution in [0.15, 0.2) is 57.8 Å². The van der Waals surface area contributed by atoms with Crippen LogP contribution in [0, 0.1) is 5.41 Å². The highest BCUT2D eigenvalue weighted by Gasteiger charge is 2.37. The number of hydrogen-bond acceptors (Lipinski definition) is 6. The van der Waals surface area contributed by atoms with Crippen molar-refractivity contribution < 1.29 is 24.0 Å². The van der Waals surface area contributed by atoms with E-state index in [1.165, 1.54) is 0 Å². The van der Waals surface area contributed by atoms with E-state index in [1.54, 1.807) is 19.9 Å². The molecule has 34 heavy (non-hydrogen) atoms. The molecule has 0 fully saturated rings. The molecule has 0 radical (unpaired) electrons. The van der Waals surface area contributed by atoms with Gasteiger partial charge in [0, 0.05) is 17.7 Å². The minimum absolute atomic E-state index is 0.0142. The maximum atomic E-state index is 12.6. The number of rotatable bonds is 11. The second-order valence-electron chi connectivity index (χ2n) is 8.23. The fourth-order valence-corrected chi connectivity index (χ4v) is 3.81. The number of aromatic nitrogens is 2. The number of carboxylic acid groups (broad SMARTS) is 1. The number of aromatic amines is 1. The van der Waals surface area contributed by atoms with Gasteiger partial charge in [-0.2, -0.15) is 0 Å². The monoisotopic (exact) mass is 487 g/mol. The van der Waals surface area contributed by atoms with E-state index in [1.807, 2.05) is 42.5 Å². The Morgan fingerprint density at radius 1 is 1.24 bits per heavy atom. The summed E-state index contributed by atoms with van der Waals surface area (Å²) in [6, 6.07) is 14.6. The Hall–Kier alpha value is -3.43. The molecular formula is C24H26ClN3O6. The molecule has 180 valence electrons. The molecule has 0 aliphatic rings. The molecule has 2 atom stereocenters. The van der Waals surface area contributed by atoms with Crippen molar-refractivity contribution in [3.8, 4) is 11.1 Å². The Balaban J connectivity index is 1.82. The van der Waals surface area contributed by atoms with E-state index in [9.17, 15) is 19.5 Å². The number of hydrogen-bond donors (Lipinski definition) is 3. The first-order chi connectivity index (χ1) is 16.2. The summed E-state index contributed by atoms with van der Waals surface area (Å²) in [4.78, 5) is 38.0. The number of carboxylic acids is 1. The van der Waals surface area contributed by atoms with Gasteiger partial charge in [-0.05, 0) is 60.7 Å². The van der Waals surface area contributed by atoms with Crippen molar-refractivity contribution in [2.24, 2.45) is 5.41 Å². The third kappa shape index (κ3) is 6.55. The van der Waals surface area contributed by atoms with Gasteiger partial charge in [-0.25, -0.2) is 4.79 Å². The lowest BCUT2D eigenvalue weighted by Crippen LogP contribution is -2.44. The SMILES string of the molecule is CCOCC(C)(C[C@@H](Cc1ccc(-c2cccc(Cl)c2)cc1)NC(=O)c1noc(=O)[nH]1)C(=O)O. The van der Waals surface area contributed by atoms with E-state index in [0.717, 1.165) is 16.7 Å². The van der Waals surface area contributed by atoms with Gasteiger partial charge < -0.3 is 15.2 Å². The van der Waals surface area contributed by atoms with Gasteiger partial charge in [0.05, 0.1) is 12.0 Å². The molecule has 3 rings (SSSR count). The Kier molecular flexibility index (Phi) is 8.25.